The summed E-state index contributed by atoms with van der Waals surface area (Å²) in [4.78, 5) is 12.4. The first-order chi connectivity index (χ1) is 16.4. The molecular formula is C25H25F3N2O4S. The van der Waals surface area contributed by atoms with Crippen molar-refractivity contribution in [2.45, 2.75) is 43.9 Å². The van der Waals surface area contributed by atoms with Crippen molar-refractivity contribution in [3.8, 4) is 5.75 Å². The van der Waals surface area contributed by atoms with Crippen LogP contribution in [0.3, 0.4) is 0 Å². The van der Waals surface area contributed by atoms with E-state index in [-0.39, 0.29) is 16.5 Å². The summed E-state index contributed by atoms with van der Waals surface area (Å²) in [5.74, 6) is 0.383. The SMILES string of the molecule is CC(C)c1ccccc1O[C@@H](C)C(=O)Nc1ccc(S(=O)(=O)Nc2cccc(C(F)(F)F)c2)cc1. The van der Waals surface area contributed by atoms with E-state index in [4.69, 9.17) is 4.74 Å². The number of amides is 1. The highest BCUT2D eigenvalue weighted by Gasteiger charge is 2.30. The zero-order chi connectivity index (χ0) is 25.8. The van der Waals surface area contributed by atoms with Gasteiger partial charge in [0, 0.05) is 11.4 Å². The average Bonchev–Trinajstić information content (AvgIpc) is 2.79. The van der Waals surface area contributed by atoms with E-state index in [0.29, 0.717) is 17.5 Å². The summed E-state index contributed by atoms with van der Waals surface area (Å²) < 4.78 is 71.8. The van der Waals surface area contributed by atoms with Crippen molar-refractivity contribution in [3.63, 3.8) is 0 Å². The lowest BCUT2D eigenvalue weighted by molar-refractivity contribution is -0.137. The van der Waals surface area contributed by atoms with Crippen LogP contribution in [0.5, 0.6) is 5.75 Å². The molecule has 1 atom stereocenters. The summed E-state index contributed by atoms with van der Waals surface area (Å²) >= 11 is 0. The van der Waals surface area contributed by atoms with Crippen LogP contribution in [0.1, 0.15) is 37.8 Å². The van der Waals surface area contributed by atoms with Crippen LogP contribution < -0.4 is 14.8 Å². The molecule has 2 N–H and O–H groups in total. The van der Waals surface area contributed by atoms with E-state index in [9.17, 15) is 26.4 Å². The maximum absolute atomic E-state index is 12.9. The van der Waals surface area contributed by atoms with Crippen LogP contribution in [-0.2, 0) is 21.0 Å². The average molecular weight is 507 g/mol. The number of sulfonamides is 1. The molecule has 3 rings (SSSR count). The van der Waals surface area contributed by atoms with Gasteiger partial charge in [0.2, 0.25) is 0 Å². The van der Waals surface area contributed by atoms with E-state index < -0.39 is 33.8 Å². The van der Waals surface area contributed by atoms with Crippen LogP contribution in [0, 0.1) is 0 Å². The Balaban J connectivity index is 1.67. The van der Waals surface area contributed by atoms with E-state index in [2.05, 4.69) is 10.0 Å². The molecule has 0 bridgehead atoms. The molecule has 10 heteroatoms. The van der Waals surface area contributed by atoms with E-state index in [1.165, 1.54) is 30.3 Å². The number of halogens is 3. The van der Waals surface area contributed by atoms with Gasteiger partial charge >= 0.3 is 6.18 Å². The molecule has 0 saturated heterocycles. The van der Waals surface area contributed by atoms with Gasteiger partial charge in [-0.3, -0.25) is 9.52 Å². The molecule has 0 aliphatic rings. The van der Waals surface area contributed by atoms with E-state index in [0.717, 1.165) is 17.7 Å². The van der Waals surface area contributed by atoms with Gasteiger partial charge in [-0.1, -0.05) is 38.1 Å². The molecule has 0 spiro atoms. The number of anilines is 2. The second kappa shape index (κ2) is 10.4. The lowest BCUT2D eigenvalue weighted by atomic mass is 10.0. The number of carbonyl (C=O) groups is 1. The fourth-order valence-electron chi connectivity index (χ4n) is 3.24. The van der Waals surface area contributed by atoms with Gasteiger partial charge in [-0.25, -0.2) is 8.42 Å². The van der Waals surface area contributed by atoms with E-state index >= 15 is 0 Å². The van der Waals surface area contributed by atoms with E-state index in [1.807, 2.05) is 32.0 Å². The number of nitrogens with one attached hydrogen (secondary N) is 2. The van der Waals surface area contributed by atoms with E-state index in [1.54, 1.807) is 13.0 Å². The fraction of sp³-hybridized carbons (Fsp3) is 0.240. The second-order valence-electron chi connectivity index (χ2n) is 8.15. The maximum atomic E-state index is 12.9. The Bertz CT molecular complexity index is 1290. The highest BCUT2D eigenvalue weighted by atomic mass is 32.2. The van der Waals surface area contributed by atoms with Crippen molar-refractivity contribution in [2.75, 3.05) is 10.0 Å². The highest BCUT2D eigenvalue weighted by Crippen LogP contribution is 2.31. The van der Waals surface area contributed by atoms with Crippen molar-refractivity contribution >= 4 is 27.3 Å². The predicted octanol–water partition coefficient (Wildman–Crippen LogP) is 6.04. The van der Waals surface area contributed by atoms with Crippen LogP contribution in [-0.4, -0.2) is 20.4 Å². The van der Waals surface area contributed by atoms with Crippen LogP contribution in [0.2, 0.25) is 0 Å². The van der Waals surface area contributed by atoms with Crippen LogP contribution in [0.4, 0.5) is 24.5 Å². The lowest BCUT2D eigenvalue weighted by Crippen LogP contribution is -2.30. The zero-order valence-electron chi connectivity index (χ0n) is 19.3. The maximum Gasteiger partial charge on any atom is 0.416 e. The topological polar surface area (TPSA) is 84.5 Å². The molecular weight excluding hydrogens is 481 g/mol. The largest absolute Gasteiger partial charge is 0.481 e. The summed E-state index contributed by atoms with van der Waals surface area (Å²) in [6.07, 6.45) is -5.42. The number of alkyl halides is 3. The summed E-state index contributed by atoms with van der Waals surface area (Å²) in [5.41, 5.74) is 0.114. The van der Waals surface area contributed by atoms with Crippen molar-refractivity contribution in [1.29, 1.82) is 0 Å². The second-order valence-corrected chi connectivity index (χ2v) is 9.83. The molecule has 1 amide bonds. The highest BCUT2D eigenvalue weighted by molar-refractivity contribution is 7.92. The molecule has 0 heterocycles. The third-order valence-corrected chi connectivity index (χ3v) is 6.49. The normalized spacial score (nSPS) is 12.8. The quantitative estimate of drug-likeness (QED) is 0.390. The van der Waals surface area contributed by atoms with Crippen molar-refractivity contribution in [1.82, 2.24) is 0 Å². The minimum absolute atomic E-state index is 0.178. The van der Waals surface area contributed by atoms with Gasteiger partial charge in [0.05, 0.1) is 10.5 Å². The van der Waals surface area contributed by atoms with Crippen molar-refractivity contribution in [2.24, 2.45) is 0 Å². The summed E-state index contributed by atoms with van der Waals surface area (Å²) in [5, 5.41) is 2.66. The Morgan fingerprint density at radius 3 is 2.17 bits per heavy atom. The molecule has 186 valence electrons. The van der Waals surface area contributed by atoms with Gasteiger partial charge in [-0.15, -0.1) is 0 Å². The number of carbonyl (C=O) groups excluding carboxylic acids is 1. The van der Waals surface area contributed by atoms with Gasteiger partial charge in [-0.05, 0) is 66.9 Å². The third-order valence-electron chi connectivity index (χ3n) is 5.09. The Kier molecular flexibility index (Phi) is 7.74. The van der Waals surface area contributed by atoms with Gasteiger partial charge in [-0.2, -0.15) is 13.2 Å². The van der Waals surface area contributed by atoms with Gasteiger partial charge in [0.25, 0.3) is 15.9 Å². The Labute approximate surface area is 202 Å². The molecule has 0 unspecified atom stereocenters. The fourth-order valence-corrected chi connectivity index (χ4v) is 4.29. The summed E-state index contributed by atoms with van der Waals surface area (Å²) in [6, 6.07) is 16.6. The summed E-state index contributed by atoms with van der Waals surface area (Å²) in [6.45, 7) is 5.64. The number of benzene rings is 3. The summed E-state index contributed by atoms with van der Waals surface area (Å²) in [7, 11) is -4.15. The molecule has 0 aliphatic heterocycles. The molecule has 6 nitrogen and oxygen atoms in total. The number of hydrogen-bond donors (Lipinski definition) is 2. The molecule has 3 aromatic rings. The minimum atomic E-state index is -4.60. The third kappa shape index (κ3) is 6.75. The zero-order valence-corrected chi connectivity index (χ0v) is 20.1. The first-order valence-electron chi connectivity index (χ1n) is 10.7. The minimum Gasteiger partial charge on any atom is -0.481 e. The molecule has 0 aliphatic carbocycles. The molecule has 3 aromatic carbocycles. The molecule has 35 heavy (non-hydrogen) atoms. The van der Waals surface area contributed by atoms with Gasteiger partial charge in [0.1, 0.15) is 5.75 Å². The smallest absolute Gasteiger partial charge is 0.416 e. The number of rotatable bonds is 8. The molecule has 0 fully saturated rings. The van der Waals surface area contributed by atoms with Gasteiger partial charge in [0.15, 0.2) is 6.10 Å². The Morgan fingerprint density at radius 2 is 1.54 bits per heavy atom. The number of hydrogen-bond acceptors (Lipinski definition) is 4. The predicted molar refractivity (Wildman–Crippen MR) is 128 cm³/mol. The van der Waals surface area contributed by atoms with Crippen molar-refractivity contribution < 1.29 is 31.1 Å². The molecule has 0 saturated carbocycles. The monoisotopic (exact) mass is 506 g/mol. The first kappa shape index (κ1) is 26.1. The van der Waals surface area contributed by atoms with Crippen LogP contribution in [0.25, 0.3) is 0 Å². The number of para-hydroxylation sites is 1. The first-order valence-corrected chi connectivity index (χ1v) is 12.2. The molecule has 0 radical (unpaired) electrons. The van der Waals surface area contributed by atoms with Crippen LogP contribution >= 0.6 is 0 Å². The van der Waals surface area contributed by atoms with Crippen molar-refractivity contribution in [3.05, 3.63) is 83.9 Å². The Morgan fingerprint density at radius 1 is 0.886 bits per heavy atom. The number of ether oxygens (including phenoxy) is 1. The van der Waals surface area contributed by atoms with Crippen LogP contribution in [0.15, 0.2) is 77.7 Å². The van der Waals surface area contributed by atoms with Gasteiger partial charge < -0.3 is 10.1 Å². The Hall–Kier alpha value is -3.53. The standard InChI is InChI=1S/C25H25F3N2O4S/c1-16(2)22-9-4-5-10-23(22)34-17(3)24(31)29-19-11-13-21(14-12-19)35(32,33)30-20-8-6-7-18(15-20)25(26,27)28/h4-17,30H,1-3H3,(H,29,31)/t17-/m0/s1. The lowest BCUT2D eigenvalue weighted by Gasteiger charge is -2.18. The molecule has 0 aromatic heterocycles.